The first-order chi connectivity index (χ1) is 13.1. The summed E-state index contributed by atoms with van der Waals surface area (Å²) in [4.78, 5) is 11.9. The average molecular weight is 457 g/mol. The van der Waals surface area contributed by atoms with Gasteiger partial charge in [0.15, 0.2) is 6.29 Å². The molecule has 0 saturated carbocycles. The molecule has 29 heavy (non-hydrogen) atoms. The largest absolute Gasteiger partial charge is 1.00 e. The molecule has 7 N–H and O–H groups in total. The summed E-state index contributed by atoms with van der Waals surface area (Å²) < 4.78 is 36.5. The minimum atomic E-state index is -4.86. The second-order valence-corrected chi connectivity index (χ2v) is 7.46. The third kappa shape index (κ3) is 10.3. The van der Waals surface area contributed by atoms with Crippen LogP contribution in [0.25, 0.3) is 0 Å². The zero-order valence-electron chi connectivity index (χ0n) is 16.4. The van der Waals surface area contributed by atoms with Gasteiger partial charge in [-0.25, -0.2) is 0 Å². The summed E-state index contributed by atoms with van der Waals surface area (Å²) in [6.07, 6.45) is -10.1. The number of hydrogen-bond acceptors (Lipinski definition) is 13. The van der Waals surface area contributed by atoms with E-state index in [1.165, 1.54) is 6.92 Å². The van der Waals surface area contributed by atoms with Crippen molar-refractivity contribution in [1.82, 2.24) is 0 Å². The number of rotatable bonds is 14. The fraction of sp³-hybridized carbons (Fsp3) is 1.00. The molecule has 0 spiro atoms. The fourth-order valence-electron chi connectivity index (χ4n) is 2.31. The number of phosphoric ester groups is 1. The van der Waals surface area contributed by atoms with E-state index in [0.29, 0.717) is 0 Å². The molecule has 1 heterocycles. The third-order valence-electron chi connectivity index (χ3n) is 3.78. The van der Waals surface area contributed by atoms with Crippen molar-refractivity contribution >= 4 is 7.82 Å². The maximum Gasteiger partial charge on any atom is 1.00 e. The molecule has 0 bridgehead atoms. The van der Waals surface area contributed by atoms with E-state index in [4.69, 9.17) is 24.5 Å². The summed E-state index contributed by atoms with van der Waals surface area (Å²) >= 11 is 0. The van der Waals surface area contributed by atoms with E-state index in [1.807, 2.05) is 0 Å². The van der Waals surface area contributed by atoms with Gasteiger partial charge in [0.05, 0.1) is 39.1 Å². The molecule has 0 aliphatic carbocycles. The number of nitrogens with two attached hydrogens (primary N) is 1. The Balaban J connectivity index is 0.00000784. The van der Waals surface area contributed by atoms with Crippen molar-refractivity contribution in [2.24, 2.45) is 5.73 Å². The van der Waals surface area contributed by atoms with Crippen LogP contribution in [0.1, 0.15) is 6.92 Å². The predicted octanol–water partition coefficient (Wildman–Crippen LogP) is -6.97. The maximum absolute atomic E-state index is 11.9. The van der Waals surface area contributed by atoms with Crippen LogP contribution in [0.4, 0.5) is 0 Å². The van der Waals surface area contributed by atoms with Gasteiger partial charge in [-0.05, 0) is 6.92 Å². The van der Waals surface area contributed by atoms with E-state index < -0.39 is 64.0 Å². The Morgan fingerprint density at radius 3 is 2.45 bits per heavy atom. The van der Waals surface area contributed by atoms with Crippen LogP contribution in [0.3, 0.4) is 0 Å². The Kier molecular flexibility index (Phi) is 15.1. The third-order valence-corrected chi connectivity index (χ3v) is 4.78. The van der Waals surface area contributed by atoms with Crippen LogP contribution in [0.15, 0.2) is 0 Å². The zero-order chi connectivity index (χ0) is 21.3. The molecule has 13 nitrogen and oxygen atoms in total. The summed E-state index contributed by atoms with van der Waals surface area (Å²) in [7, 11) is -4.86. The van der Waals surface area contributed by atoms with Gasteiger partial charge in [0.25, 0.3) is 7.82 Å². The van der Waals surface area contributed by atoms with E-state index in [0.717, 1.165) is 0 Å². The molecule has 1 fully saturated rings. The van der Waals surface area contributed by atoms with Gasteiger partial charge in [-0.1, -0.05) is 0 Å². The number of phosphoric acid groups is 1. The first-order valence-electron chi connectivity index (χ1n) is 8.65. The van der Waals surface area contributed by atoms with E-state index >= 15 is 0 Å². The molecule has 168 valence electrons. The van der Waals surface area contributed by atoms with Crippen molar-refractivity contribution in [1.29, 1.82) is 0 Å². The van der Waals surface area contributed by atoms with Crippen molar-refractivity contribution < 1.29 is 87.8 Å². The van der Waals surface area contributed by atoms with Gasteiger partial charge in [0, 0.05) is 6.54 Å². The SMILES string of the molecule is CC(O)C(O)C(O)COC1OC(CO)C(OP(=O)([O-])OCCOCCN)C1O.[Na+]. The molecule has 1 saturated heterocycles. The molecule has 8 unspecified atom stereocenters. The quantitative estimate of drug-likeness (QED) is 0.0814. The van der Waals surface area contributed by atoms with Gasteiger partial charge in [0.2, 0.25) is 0 Å². The number of aliphatic hydroxyl groups is 5. The monoisotopic (exact) mass is 457 g/mol. The molecule has 0 aromatic heterocycles. The van der Waals surface area contributed by atoms with Crippen LogP contribution in [0.2, 0.25) is 0 Å². The molecule has 1 rings (SSSR count). The van der Waals surface area contributed by atoms with Gasteiger partial charge in [-0.3, -0.25) is 4.57 Å². The molecular formula is C14H29NNaO12P. The summed E-state index contributed by atoms with van der Waals surface area (Å²) in [5.41, 5.74) is 5.21. The fourth-order valence-corrected chi connectivity index (χ4v) is 3.22. The van der Waals surface area contributed by atoms with Crippen LogP contribution >= 0.6 is 7.82 Å². The Labute approximate surface area is 190 Å². The topological polar surface area (TPSA) is 213 Å². The van der Waals surface area contributed by atoms with Crippen molar-refractivity contribution in [3.63, 3.8) is 0 Å². The Hall–Kier alpha value is 0.750. The van der Waals surface area contributed by atoms with E-state index in [9.17, 15) is 35.0 Å². The smallest absolute Gasteiger partial charge is 0.756 e. The van der Waals surface area contributed by atoms with Crippen LogP contribution in [0, 0.1) is 0 Å². The summed E-state index contributed by atoms with van der Waals surface area (Å²) in [6.45, 7) is 0.131. The van der Waals surface area contributed by atoms with E-state index in [2.05, 4.69) is 4.52 Å². The molecule has 0 amide bonds. The first-order valence-corrected chi connectivity index (χ1v) is 10.1. The van der Waals surface area contributed by atoms with Crippen molar-refractivity contribution in [3.8, 4) is 0 Å². The summed E-state index contributed by atoms with van der Waals surface area (Å²) in [6, 6.07) is 0. The minimum Gasteiger partial charge on any atom is -0.756 e. The van der Waals surface area contributed by atoms with E-state index in [-0.39, 0.29) is 55.9 Å². The van der Waals surface area contributed by atoms with Crippen LogP contribution in [-0.4, -0.2) is 108 Å². The molecule has 8 atom stereocenters. The second-order valence-electron chi connectivity index (χ2n) is 6.10. The van der Waals surface area contributed by atoms with Gasteiger partial charge in [-0.15, -0.1) is 0 Å². The second kappa shape index (κ2) is 14.7. The Morgan fingerprint density at radius 1 is 1.24 bits per heavy atom. The minimum absolute atomic E-state index is 0. The molecule has 0 radical (unpaired) electrons. The first kappa shape index (κ1) is 29.8. The van der Waals surface area contributed by atoms with Crippen molar-refractivity contribution in [2.45, 2.75) is 49.8 Å². The standard InChI is InChI=1S/C14H30NO12P.Na/c1-8(17)11(19)9(18)7-24-14-12(20)13(10(6-16)26-14)27-28(21,22)25-5-4-23-3-2-15;/h8-14,16-20H,2-7,15H2,1H3,(H,21,22);/q;+1/p-1. The van der Waals surface area contributed by atoms with Gasteiger partial charge < -0.3 is 59.4 Å². The van der Waals surface area contributed by atoms with Gasteiger partial charge in [-0.2, -0.15) is 0 Å². The Bertz CT molecular complexity index is 490. The molecule has 0 aromatic carbocycles. The molecule has 1 aliphatic rings. The number of hydrogen-bond donors (Lipinski definition) is 6. The number of ether oxygens (including phenoxy) is 3. The van der Waals surface area contributed by atoms with Gasteiger partial charge in [0.1, 0.15) is 30.5 Å². The summed E-state index contributed by atoms with van der Waals surface area (Å²) in [5.74, 6) is 0. The normalized spacial score (nSPS) is 29.7. The van der Waals surface area contributed by atoms with Crippen LogP contribution in [-0.2, 0) is 27.8 Å². The van der Waals surface area contributed by atoms with Crippen molar-refractivity contribution in [3.05, 3.63) is 0 Å². The molecule has 1 aliphatic heterocycles. The predicted molar refractivity (Wildman–Crippen MR) is 89.7 cm³/mol. The van der Waals surface area contributed by atoms with Gasteiger partial charge >= 0.3 is 29.6 Å². The van der Waals surface area contributed by atoms with Crippen LogP contribution < -0.4 is 40.2 Å². The van der Waals surface area contributed by atoms with E-state index in [1.54, 1.807) is 0 Å². The summed E-state index contributed by atoms with van der Waals surface area (Å²) in [5, 5.41) is 47.9. The maximum atomic E-state index is 11.9. The molecule has 15 heteroatoms. The average Bonchev–Trinajstić information content (AvgIpc) is 2.93. The number of aliphatic hydroxyl groups excluding tert-OH is 5. The van der Waals surface area contributed by atoms with Crippen molar-refractivity contribution in [2.75, 3.05) is 39.6 Å². The van der Waals surface area contributed by atoms with Crippen LogP contribution in [0.5, 0.6) is 0 Å². The zero-order valence-corrected chi connectivity index (χ0v) is 19.3. The molecule has 0 aromatic rings. The Morgan fingerprint density at radius 2 is 1.90 bits per heavy atom. The molecular weight excluding hydrogens is 428 g/mol.